The van der Waals surface area contributed by atoms with E-state index in [0.717, 1.165) is 36.3 Å². The fourth-order valence-electron chi connectivity index (χ4n) is 4.65. The molecule has 0 bridgehead atoms. The van der Waals surface area contributed by atoms with Crippen molar-refractivity contribution in [1.29, 1.82) is 0 Å². The summed E-state index contributed by atoms with van der Waals surface area (Å²) in [6.07, 6.45) is 1.16. The maximum atomic E-state index is 13.5. The summed E-state index contributed by atoms with van der Waals surface area (Å²) in [5.74, 6) is 1.42. The predicted octanol–water partition coefficient (Wildman–Crippen LogP) is 4.60. The molecule has 1 aliphatic heterocycles. The second-order valence-electron chi connectivity index (χ2n) is 8.83. The molecule has 5 nitrogen and oxygen atoms in total. The minimum absolute atomic E-state index is 0.0989. The first-order chi connectivity index (χ1) is 14.8. The number of fused-ring (bicyclic) bond motifs is 1. The lowest BCUT2D eigenvalue weighted by Gasteiger charge is -2.35. The van der Waals surface area contributed by atoms with E-state index in [1.54, 1.807) is 4.57 Å². The minimum atomic E-state index is -0.0989. The highest BCUT2D eigenvalue weighted by Crippen LogP contribution is 2.27. The van der Waals surface area contributed by atoms with Gasteiger partial charge in [0.2, 0.25) is 5.91 Å². The molecule has 1 fully saturated rings. The molecular weight excluding hydrogens is 406 g/mol. The molecule has 31 heavy (non-hydrogen) atoms. The summed E-state index contributed by atoms with van der Waals surface area (Å²) in [6.45, 7) is 10.0. The van der Waals surface area contributed by atoms with Crippen molar-refractivity contribution in [2.45, 2.75) is 39.3 Å². The number of thioether (sulfide) groups is 1. The molecule has 0 radical (unpaired) electrons. The Morgan fingerprint density at radius 1 is 1.03 bits per heavy atom. The van der Waals surface area contributed by atoms with Crippen molar-refractivity contribution in [2.24, 2.45) is 11.8 Å². The smallest absolute Gasteiger partial charge is 0.266 e. The van der Waals surface area contributed by atoms with Crippen LogP contribution in [0.4, 0.5) is 0 Å². The molecule has 1 aliphatic rings. The molecule has 4 rings (SSSR count). The predicted molar refractivity (Wildman–Crippen MR) is 127 cm³/mol. The van der Waals surface area contributed by atoms with E-state index in [-0.39, 0.29) is 17.2 Å². The summed E-state index contributed by atoms with van der Waals surface area (Å²) in [5.41, 5.74) is 3.42. The number of carbonyl (C=O) groups excluding carboxylic acids is 1. The quantitative estimate of drug-likeness (QED) is 0.444. The third kappa shape index (κ3) is 4.40. The maximum absolute atomic E-state index is 13.5. The molecule has 2 heterocycles. The van der Waals surface area contributed by atoms with Crippen molar-refractivity contribution < 1.29 is 4.79 Å². The average molecular weight is 436 g/mol. The Hall–Kier alpha value is -2.60. The molecule has 1 amide bonds. The van der Waals surface area contributed by atoms with Crippen LogP contribution in [0.3, 0.4) is 0 Å². The van der Waals surface area contributed by atoms with Crippen molar-refractivity contribution in [3.05, 3.63) is 63.9 Å². The lowest BCUT2D eigenvalue weighted by Crippen LogP contribution is -2.43. The molecule has 0 N–H and O–H groups in total. The highest BCUT2D eigenvalue weighted by atomic mass is 32.2. The van der Waals surface area contributed by atoms with Crippen LogP contribution < -0.4 is 5.56 Å². The number of rotatable bonds is 4. The van der Waals surface area contributed by atoms with E-state index in [0.29, 0.717) is 27.9 Å². The van der Waals surface area contributed by atoms with Gasteiger partial charge in [-0.25, -0.2) is 4.98 Å². The van der Waals surface area contributed by atoms with E-state index >= 15 is 0 Å². The van der Waals surface area contributed by atoms with Crippen LogP contribution in [0.25, 0.3) is 16.6 Å². The number of likely N-dealkylation sites (tertiary alicyclic amines) is 1. The first-order valence-corrected chi connectivity index (χ1v) is 11.8. The minimum Gasteiger partial charge on any atom is -0.341 e. The van der Waals surface area contributed by atoms with Gasteiger partial charge in [0.15, 0.2) is 5.16 Å². The summed E-state index contributed by atoms with van der Waals surface area (Å²) in [6, 6.07) is 13.4. The zero-order chi connectivity index (χ0) is 22.1. The monoisotopic (exact) mass is 435 g/mol. The lowest BCUT2D eigenvalue weighted by atomic mass is 9.92. The molecule has 3 aromatic rings. The number of aromatic nitrogens is 2. The Balaban J connectivity index is 1.73. The van der Waals surface area contributed by atoms with Gasteiger partial charge in [0.05, 0.1) is 22.3 Å². The molecular formula is C25H29N3O2S. The van der Waals surface area contributed by atoms with Crippen LogP contribution in [0.5, 0.6) is 0 Å². The Morgan fingerprint density at radius 3 is 2.35 bits per heavy atom. The van der Waals surface area contributed by atoms with E-state index in [4.69, 9.17) is 4.98 Å². The third-order valence-electron chi connectivity index (χ3n) is 5.95. The molecule has 0 unspecified atom stereocenters. The van der Waals surface area contributed by atoms with E-state index < -0.39 is 0 Å². The van der Waals surface area contributed by atoms with Gasteiger partial charge in [0.25, 0.3) is 5.56 Å². The first-order valence-electron chi connectivity index (χ1n) is 10.8. The summed E-state index contributed by atoms with van der Waals surface area (Å²) in [7, 11) is 0. The highest BCUT2D eigenvalue weighted by molar-refractivity contribution is 7.99. The topological polar surface area (TPSA) is 55.2 Å². The summed E-state index contributed by atoms with van der Waals surface area (Å²) >= 11 is 1.35. The molecule has 2 atom stereocenters. The number of benzene rings is 2. The van der Waals surface area contributed by atoms with Crippen LogP contribution in [0.15, 0.2) is 52.4 Å². The van der Waals surface area contributed by atoms with Gasteiger partial charge in [-0.15, -0.1) is 0 Å². The number of nitrogens with zero attached hydrogens (tertiary/aromatic N) is 3. The first kappa shape index (κ1) is 21.6. The molecule has 0 spiro atoms. The van der Waals surface area contributed by atoms with Crippen LogP contribution in [0.1, 0.15) is 31.4 Å². The van der Waals surface area contributed by atoms with Crippen LogP contribution >= 0.6 is 11.8 Å². The van der Waals surface area contributed by atoms with Gasteiger partial charge in [-0.3, -0.25) is 14.2 Å². The van der Waals surface area contributed by atoms with Gasteiger partial charge in [0, 0.05) is 13.1 Å². The van der Waals surface area contributed by atoms with Crippen molar-refractivity contribution in [3.8, 4) is 5.69 Å². The van der Waals surface area contributed by atoms with Crippen molar-refractivity contribution in [1.82, 2.24) is 14.5 Å². The van der Waals surface area contributed by atoms with Crippen LogP contribution in [-0.2, 0) is 4.79 Å². The Morgan fingerprint density at radius 2 is 1.68 bits per heavy atom. The Kier molecular flexibility index (Phi) is 6.19. The van der Waals surface area contributed by atoms with Crippen molar-refractivity contribution in [2.75, 3.05) is 18.8 Å². The fourth-order valence-corrected chi connectivity index (χ4v) is 5.55. The van der Waals surface area contributed by atoms with E-state index in [1.807, 2.05) is 61.2 Å². The van der Waals surface area contributed by atoms with Gasteiger partial charge in [0.1, 0.15) is 0 Å². The number of carbonyl (C=O) groups is 1. The number of aryl methyl sites for hydroxylation is 2. The van der Waals surface area contributed by atoms with Crippen molar-refractivity contribution >= 4 is 28.6 Å². The molecule has 1 saturated heterocycles. The van der Waals surface area contributed by atoms with Gasteiger partial charge in [-0.2, -0.15) is 0 Å². The average Bonchev–Trinajstić information content (AvgIpc) is 2.73. The van der Waals surface area contributed by atoms with Gasteiger partial charge >= 0.3 is 0 Å². The Labute approximate surface area is 187 Å². The molecule has 0 saturated carbocycles. The number of hydrogen-bond donors (Lipinski definition) is 0. The summed E-state index contributed by atoms with van der Waals surface area (Å²) < 4.78 is 1.69. The van der Waals surface area contributed by atoms with Crippen LogP contribution in [0.2, 0.25) is 0 Å². The number of amides is 1. The SMILES string of the molecule is Cc1cccc(C)c1-n1c(SCC(=O)N2C[C@H](C)C[C@H](C)C2)nc2ccccc2c1=O. The molecule has 6 heteroatoms. The summed E-state index contributed by atoms with van der Waals surface area (Å²) in [5, 5.41) is 1.15. The van der Waals surface area contributed by atoms with Crippen LogP contribution in [-0.4, -0.2) is 39.2 Å². The fraction of sp³-hybridized carbons (Fsp3) is 0.400. The largest absolute Gasteiger partial charge is 0.341 e. The van der Waals surface area contributed by atoms with E-state index in [1.165, 1.54) is 11.8 Å². The van der Waals surface area contributed by atoms with E-state index in [2.05, 4.69) is 13.8 Å². The van der Waals surface area contributed by atoms with Gasteiger partial charge < -0.3 is 4.90 Å². The zero-order valence-electron chi connectivity index (χ0n) is 18.6. The number of hydrogen-bond acceptors (Lipinski definition) is 4. The van der Waals surface area contributed by atoms with Gasteiger partial charge in [-0.1, -0.05) is 55.9 Å². The maximum Gasteiger partial charge on any atom is 0.266 e. The third-order valence-corrected chi connectivity index (χ3v) is 6.88. The molecule has 2 aromatic carbocycles. The van der Waals surface area contributed by atoms with E-state index in [9.17, 15) is 9.59 Å². The molecule has 162 valence electrons. The van der Waals surface area contributed by atoms with Gasteiger partial charge in [-0.05, 0) is 55.4 Å². The second kappa shape index (κ2) is 8.87. The highest BCUT2D eigenvalue weighted by Gasteiger charge is 2.26. The molecule has 0 aliphatic carbocycles. The number of piperidine rings is 1. The second-order valence-corrected chi connectivity index (χ2v) is 9.77. The summed E-state index contributed by atoms with van der Waals surface area (Å²) in [4.78, 5) is 33.2. The van der Waals surface area contributed by atoms with Crippen molar-refractivity contribution in [3.63, 3.8) is 0 Å². The number of para-hydroxylation sites is 2. The van der Waals surface area contributed by atoms with Crippen LogP contribution in [0, 0.1) is 25.7 Å². The standard InChI is InChI=1S/C25H29N3O2S/c1-16-12-17(2)14-27(13-16)22(29)15-31-25-26-21-11-6-5-10-20(21)24(30)28(25)23-18(3)8-7-9-19(23)4/h5-11,16-17H,12-15H2,1-4H3/t16-,17+. The molecule has 1 aromatic heterocycles. The zero-order valence-corrected chi connectivity index (χ0v) is 19.4. The lowest BCUT2D eigenvalue weighted by molar-refractivity contribution is -0.130. The Bertz CT molecular complexity index is 1160. The normalized spacial score (nSPS) is 19.0.